The number of hydrogen-bond acceptors (Lipinski definition) is 2. The molecule has 0 bridgehead atoms. The van der Waals surface area contributed by atoms with Gasteiger partial charge in [0.05, 0.1) is 6.42 Å². The Labute approximate surface area is 180 Å². The summed E-state index contributed by atoms with van der Waals surface area (Å²) in [6.07, 6.45) is 21.8. The monoisotopic (exact) mass is 411 g/mol. The van der Waals surface area contributed by atoms with Crippen molar-refractivity contribution in [1.82, 2.24) is 4.90 Å². The first-order chi connectivity index (χ1) is 14.1. The normalized spacial score (nSPS) is 11.0. The highest BCUT2D eigenvalue weighted by Crippen LogP contribution is 2.13. The average molecular weight is 412 g/mol. The van der Waals surface area contributed by atoms with Gasteiger partial charge in [0.1, 0.15) is 0 Å². The number of carboxylic acid groups (broad SMARTS) is 1. The van der Waals surface area contributed by atoms with Gasteiger partial charge in [-0.1, -0.05) is 110 Å². The molecule has 1 N–H and O–H groups in total. The maximum Gasteiger partial charge on any atom is 0.305 e. The molecular formula is C25H49NO3. The molecule has 0 fully saturated rings. The molecule has 0 spiro atoms. The summed E-state index contributed by atoms with van der Waals surface area (Å²) in [4.78, 5) is 25.2. The van der Waals surface area contributed by atoms with Crippen LogP contribution < -0.4 is 0 Å². The number of carbonyl (C=O) groups excluding carboxylic acids is 1. The highest BCUT2D eigenvalue weighted by atomic mass is 16.4. The van der Waals surface area contributed by atoms with E-state index in [-0.39, 0.29) is 12.3 Å². The van der Waals surface area contributed by atoms with Crippen LogP contribution in [0.3, 0.4) is 0 Å². The number of carbonyl (C=O) groups is 2. The molecule has 4 nitrogen and oxygen atoms in total. The first kappa shape index (κ1) is 27.9. The maximum absolute atomic E-state index is 12.5. The first-order valence-corrected chi connectivity index (χ1v) is 12.6. The minimum atomic E-state index is -0.819. The van der Waals surface area contributed by atoms with Gasteiger partial charge < -0.3 is 10.0 Å². The fourth-order valence-corrected chi connectivity index (χ4v) is 3.77. The third-order valence-corrected chi connectivity index (χ3v) is 5.72. The minimum absolute atomic E-state index is 0.0554. The van der Waals surface area contributed by atoms with Crippen LogP contribution in [0.5, 0.6) is 0 Å². The van der Waals surface area contributed by atoms with Gasteiger partial charge in [-0.15, -0.1) is 0 Å². The molecule has 1 amide bonds. The molecule has 0 atom stereocenters. The van der Waals surface area contributed by atoms with Crippen LogP contribution in [-0.4, -0.2) is 35.0 Å². The molecule has 0 aromatic rings. The van der Waals surface area contributed by atoms with Gasteiger partial charge in [-0.05, 0) is 12.8 Å². The molecule has 0 heterocycles. The van der Waals surface area contributed by atoms with E-state index in [1.54, 1.807) is 4.90 Å². The van der Waals surface area contributed by atoms with E-state index in [1.807, 2.05) is 0 Å². The van der Waals surface area contributed by atoms with E-state index in [0.717, 1.165) is 32.2 Å². The Hall–Kier alpha value is -1.06. The van der Waals surface area contributed by atoms with Crippen LogP contribution in [0.4, 0.5) is 0 Å². The lowest BCUT2D eigenvalue weighted by Crippen LogP contribution is -2.33. The van der Waals surface area contributed by atoms with Gasteiger partial charge >= 0.3 is 5.97 Å². The zero-order valence-corrected chi connectivity index (χ0v) is 19.6. The van der Waals surface area contributed by atoms with E-state index in [4.69, 9.17) is 5.11 Å². The predicted octanol–water partition coefficient (Wildman–Crippen LogP) is 7.35. The fourth-order valence-electron chi connectivity index (χ4n) is 3.77. The Kier molecular flexibility index (Phi) is 20.9. The van der Waals surface area contributed by atoms with Gasteiger partial charge in [0, 0.05) is 19.5 Å². The van der Waals surface area contributed by atoms with Gasteiger partial charge in [-0.2, -0.15) is 0 Å². The van der Waals surface area contributed by atoms with Crippen LogP contribution in [-0.2, 0) is 9.59 Å². The summed E-state index contributed by atoms with van der Waals surface area (Å²) in [5, 5.41) is 8.95. The third-order valence-electron chi connectivity index (χ3n) is 5.72. The van der Waals surface area contributed by atoms with Crippen molar-refractivity contribution >= 4 is 11.9 Å². The van der Waals surface area contributed by atoms with Crippen molar-refractivity contribution in [2.24, 2.45) is 0 Å². The Balaban J connectivity index is 3.82. The van der Waals surface area contributed by atoms with Crippen molar-refractivity contribution in [2.45, 2.75) is 136 Å². The molecule has 0 aliphatic rings. The SMILES string of the molecule is CCCCCCCCCCCCCC(=O)N(CCCCCCCC)CCC(=O)O. The van der Waals surface area contributed by atoms with Crippen molar-refractivity contribution in [3.05, 3.63) is 0 Å². The van der Waals surface area contributed by atoms with Crippen LogP contribution in [0, 0.1) is 0 Å². The Morgan fingerprint density at radius 3 is 1.41 bits per heavy atom. The molecule has 0 unspecified atom stereocenters. The number of hydrogen-bond donors (Lipinski definition) is 1. The second-order valence-electron chi connectivity index (χ2n) is 8.58. The van der Waals surface area contributed by atoms with Crippen LogP contribution in [0.1, 0.15) is 136 Å². The highest BCUT2D eigenvalue weighted by molar-refractivity contribution is 5.77. The number of nitrogens with zero attached hydrogens (tertiary/aromatic N) is 1. The summed E-state index contributed by atoms with van der Waals surface area (Å²) in [5.74, 6) is -0.670. The maximum atomic E-state index is 12.5. The lowest BCUT2D eigenvalue weighted by Gasteiger charge is -2.22. The molecule has 4 heteroatoms. The standard InChI is InChI=1S/C25H49NO3/c1-3-5-7-9-11-12-13-14-15-16-18-20-24(27)26(23-21-25(28)29)22-19-17-10-8-6-4-2/h3-23H2,1-2H3,(H,28,29). The molecule has 29 heavy (non-hydrogen) atoms. The molecule has 0 aliphatic heterocycles. The molecule has 0 radical (unpaired) electrons. The molecule has 0 rings (SSSR count). The van der Waals surface area contributed by atoms with Gasteiger partial charge in [-0.25, -0.2) is 0 Å². The van der Waals surface area contributed by atoms with E-state index in [9.17, 15) is 9.59 Å². The zero-order chi connectivity index (χ0) is 21.6. The second-order valence-corrected chi connectivity index (χ2v) is 8.58. The number of amides is 1. The van der Waals surface area contributed by atoms with Crippen LogP contribution in [0.2, 0.25) is 0 Å². The van der Waals surface area contributed by atoms with E-state index < -0.39 is 5.97 Å². The third kappa shape index (κ3) is 20.0. The van der Waals surface area contributed by atoms with Crippen LogP contribution in [0.15, 0.2) is 0 Å². The zero-order valence-electron chi connectivity index (χ0n) is 19.6. The van der Waals surface area contributed by atoms with E-state index >= 15 is 0 Å². The molecule has 0 saturated carbocycles. The molecule has 172 valence electrons. The molecule has 0 aromatic heterocycles. The Morgan fingerprint density at radius 1 is 0.552 bits per heavy atom. The Bertz CT molecular complexity index is 384. The summed E-state index contributed by atoms with van der Waals surface area (Å²) < 4.78 is 0. The molecule has 0 saturated heterocycles. The summed E-state index contributed by atoms with van der Waals surface area (Å²) in [5.41, 5.74) is 0. The van der Waals surface area contributed by atoms with E-state index in [1.165, 1.54) is 83.5 Å². The predicted molar refractivity (Wildman–Crippen MR) is 123 cm³/mol. The minimum Gasteiger partial charge on any atom is -0.481 e. The lowest BCUT2D eigenvalue weighted by molar-refractivity contribution is -0.138. The second kappa shape index (κ2) is 21.6. The van der Waals surface area contributed by atoms with Crippen molar-refractivity contribution in [1.29, 1.82) is 0 Å². The van der Waals surface area contributed by atoms with Crippen LogP contribution >= 0.6 is 0 Å². The van der Waals surface area contributed by atoms with Crippen molar-refractivity contribution in [2.75, 3.05) is 13.1 Å². The van der Waals surface area contributed by atoms with E-state index in [0.29, 0.717) is 13.0 Å². The summed E-state index contributed by atoms with van der Waals surface area (Å²) in [6.45, 7) is 5.54. The van der Waals surface area contributed by atoms with Gasteiger partial charge in [0.2, 0.25) is 5.91 Å². The summed E-state index contributed by atoms with van der Waals surface area (Å²) in [7, 11) is 0. The van der Waals surface area contributed by atoms with Crippen molar-refractivity contribution in [3.8, 4) is 0 Å². The quantitative estimate of drug-likeness (QED) is 0.189. The molecule has 0 aliphatic carbocycles. The number of rotatable bonds is 22. The number of aliphatic carboxylic acids is 1. The van der Waals surface area contributed by atoms with E-state index in [2.05, 4.69) is 13.8 Å². The van der Waals surface area contributed by atoms with Gasteiger partial charge in [-0.3, -0.25) is 9.59 Å². The van der Waals surface area contributed by atoms with Crippen molar-refractivity contribution in [3.63, 3.8) is 0 Å². The number of carboxylic acids is 1. The summed E-state index contributed by atoms with van der Waals surface area (Å²) >= 11 is 0. The number of unbranched alkanes of at least 4 members (excludes halogenated alkanes) is 15. The molecule has 0 aromatic carbocycles. The highest BCUT2D eigenvalue weighted by Gasteiger charge is 2.14. The largest absolute Gasteiger partial charge is 0.481 e. The van der Waals surface area contributed by atoms with Crippen LogP contribution in [0.25, 0.3) is 0 Å². The van der Waals surface area contributed by atoms with Crippen molar-refractivity contribution < 1.29 is 14.7 Å². The summed E-state index contributed by atoms with van der Waals surface area (Å²) in [6, 6.07) is 0. The van der Waals surface area contributed by atoms with Gasteiger partial charge in [0.25, 0.3) is 0 Å². The smallest absolute Gasteiger partial charge is 0.305 e. The topological polar surface area (TPSA) is 57.6 Å². The average Bonchev–Trinajstić information content (AvgIpc) is 2.70. The fraction of sp³-hybridized carbons (Fsp3) is 0.920. The Morgan fingerprint density at radius 2 is 0.966 bits per heavy atom. The van der Waals surface area contributed by atoms with Gasteiger partial charge in [0.15, 0.2) is 0 Å². The molecular weight excluding hydrogens is 362 g/mol. The lowest BCUT2D eigenvalue weighted by atomic mass is 10.0. The first-order valence-electron chi connectivity index (χ1n) is 12.6.